The van der Waals surface area contributed by atoms with E-state index in [-0.39, 0.29) is 0 Å². The Hall–Kier alpha value is -2.40. The lowest BCUT2D eigenvalue weighted by molar-refractivity contribution is 0.148. The fourth-order valence-electron chi connectivity index (χ4n) is 3.48. The van der Waals surface area contributed by atoms with Crippen molar-refractivity contribution in [2.45, 2.75) is 38.8 Å². The molecule has 1 aromatic rings. The largest absolute Gasteiger partial charge is 0.306 e. The van der Waals surface area contributed by atoms with Gasteiger partial charge in [-0.1, -0.05) is 13.0 Å². The van der Waals surface area contributed by atoms with Gasteiger partial charge < -0.3 is 5.10 Å². The summed E-state index contributed by atoms with van der Waals surface area (Å²) in [7, 11) is 3.83. The van der Waals surface area contributed by atoms with Crippen LogP contribution in [-0.4, -0.2) is 46.2 Å². The highest BCUT2D eigenvalue weighted by Gasteiger charge is 2.18. The monoisotopic (exact) mass is 351 g/mol. The molecule has 5 nitrogen and oxygen atoms in total. The zero-order chi connectivity index (χ0) is 18.5. The van der Waals surface area contributed by atoms with Crippen LogP contribution in [0, 0.1) is 0 Å². The first kappa shape index (κ1) is 18.4. The lowest BCUT2D eigenvalue weighted by Crippen LogP contribution is -2.38. The Morgan fingerprint density at radius 1 is 1.35 bits per heavy atom. The Kier molecular flexibility index (Phi) is 5.89. The van der Waals surface area contributed by atoms with Crippen molar-refractivity contribution in [1.29, 1.82) is 0 Å². The minimum Gasteiger partial charge on any atom is -0.306 e. The van der Waals surface area contributed by atoms with Crippen LogP contribution in [0.5, 0.6) is 0 Å². The fraction of sp³-hybridized carbons (Fsp3) is 0.429. The minimum atomic E-state index is 0.628. The molecule has 1 atom stereocenters. The number of rotatable bonds is 2. The molecule has 26 heavy (non-hydrogen) atoms. The number of hydrogen-bond acceptors (Lipinski definition) is 3. The Morgan fingerprint density at radius 3 is 2.88 bits per heavy atom. The smallest absolute Gasteiger partial charge is 0.0754 e. The first-order valence-electron chi connectivity index (χ1n) is 9.32. The molecule has 5 heteroatoms. The van der Waals surface area contributed by atoms with Crippen LogP contribution >= 0.6 is 0 Å². The van der Waals surface area contributed by atoms with Crippen LogP contribution < -0.4 is 10.4 Å². The van der Waals surface area contributed by atoms with E-state index < -0.39 is 0 Å². The van der Waals surface area contributed by atoms with E-state index in [4.69, 9.17) is 0 Å². The lowest BCUT2D eigenvalue weighted by Gasteiger charge is -2.33. The van der Waals surface area contributed by atoms with Crippen molar-refractivity contribution in [3.05, 3.63) is 46.6 Å². The summed E-state index contributed by atoms with van der Waals surface area (Å²) in [4.78, 5) is 11.3. The number of aromatic nitrogens is 2. The minimum absolute atomic E-state index is 0.628. The van der Waals surface area contributed by atoms with Crippen LogP contribution in [0.2, 0.25) is 0 Å². The van der Waals surface area contributed by atoms with Gasteiger partial charge in [0.15, 0.2) is 0 Å². The summed E-state index contributed by atoms with van der Waals surface area (Å²) >= 11 is 0. The number of nitrogens with one attached hydrogen (secondary N) is 1. The second-order valence-electron chi connectivity index (χ2n) is 7.04. The number of aliphatic imine (C=N–C) groups is 2. The third-order valence-corrected chi connectivity index (χ3v) is 5.22. The van der Waals surface area contributed by atoms with Crippen LogP contribution in [0.4, 0.5) is 0 Å². The first-order chi connectivity index (χ1) is 12.6. The normalized spacial score (nSPS) is 24.1. The Bertz CT molecular complexity index is 877. The van der Waals surface area contributed by atoms with Gasteiger partial charge in [-0.15, -0.1) is 0 Å². The molecule has 1 aromatic heterocycles. The molecular weight excluding hydrogens is 322 g/mol. The number of hydrogen-bond donors (Lipinski definition) is 1. The van der Waals surface area contributed by atoms with E-state index in [0.717, 1.165) is 34.9 Å². The molecule has 1 N–H and O–H groups in total. The summed E-state index contributed by atoms with van der Waals surface area (Å²) in [6.45, 7) is 8.72. The van der Waals surface area contributed by atoms with Crippen molar-refractivity contribution < 1.29 is 0 Å². The Morgan fingerprint density at radius 2 is 2.19 bits per heavy atom. The average molecular weight is 351 g/mol. The van der Waals surface area contributed by atoms with Gasteiger partial charge >= 0.3 is 0 Å². The number of H-pyrrole nitrogens is 1. The Labute approximate surface area is 155 Å². The quantitative estimate of drug-likeness (QED) is 0.871. The van der Waals surface area contributed by atoms with Crippen LogP contribution in [0.1, 0.15) is 31.9 Å². The second-order valence-corrected chi connectivity index (χ2v) is 7.04. The van der Waals surface area contributed by atoms with Crippen LogP contribution in [-0.2, 0) is 13.6 Å². The maximum atomic E-state index is 4.54. The molecule has 0 spiro atoms. The van der Waals surface area contributed by atoms with E-state index in [1.807, 2.05) is 24.4 Å². The fourth-order valence-corrected chi connectivity index (χ4v) is 3.48. The van der Waals surface area contributed by atoms with E-state index in [1.165, 1.54) is 25.0 Å². The van der Waals surface area contributed by atoms with Gasteiger partial charge in [-0.3, -0.25) is 19.6 Å². The van der Waals surface area contributed by atoms with Crippen molar-refractivity contribution in [2.75, 3.05) is 13.6 Å². The number of aromatic amines is 1. The predicted molar refractivity (Wildman–Crippen MR) is 110 cm³/mol. The van der Waals surface area contributed by atoms with Crippen LogP contribution in [0.3, 0.4) is 0 Å². The highest BCUT2D eigenvalue weighted by Crippen LogP contribution is 2.18. The molecule has 3 rings (SSSR count). The standard InChI is InChI=1S/C21H29N5/c1-16-13-19(15-26-12-6-5-7-17(26)2)25(4)24-11-10-20(16)21-9-8-18(22-3)14-23-21/h8-11,13-14,17,24H,1,5-7,12,15H2,2-4H3/b11-10?,19-13?,21-20+,22-18?. The summed E-state index contributed by atoms with van der Waals surface area (Å²) in [5, 5.41) is 5.33. The molecule has 0 radical (unpaired) electrons. The second kappa shape index (κ2) is 8.32. The topological polar surface area (TPSA) is 48.7 Å². The van der Waals surface area contributed by atoms with Crippen molar-refractivity contribution in [2.24, 2.45) is 17.0 Å². The molecular formula is C21H29N5. The van der Waals surface area contributed by atoms with Gasteiger partial charge in [0.1, 0.15) is 0 Å². The molecule has 3 heterocycles. The first-order valence-corrected chi connectivity index (χ1v) is 9.32. The number of nitrogens with zero attached hydrogens (tertiary/aromatic N) is 4. The van der Waals surface area contributed by atoms with E-state index in [2.05, 4.69) is 51.3 Å². The number of piperidine rings is 1. The molecule has 1 saturated heterocycles. The number of allylic oxidation sites excluding steroid dienone is 1. The van der Waals surface area contributed by atoms with Crippen LogP contribution in [0.25, 0.3) is 12.3 Å². The third-order valence-electron chi connectivity index (χ3n) is 5.22. The molecule has 0 aliphatic carbocycles. The van der Waals surface area contributed by atoms with Crippen LogP contribution in [0.15, 0.2) is 40.5 Å². The van der Waals surface area contributed by atoms with Crippen molar-refractivity contribution in [3.63, 3.8) is 0 Å². The van der Waals surface area contributed by atoms with Gasteiger partial charge in [-0.2, -0.15) is 0 Å². The molecule has 1 fully saturated rings. The summed E-state index contributed by atoms with van der Waals surface area (Å²) in [5.41, 5.74) is 3.00. The maximum absolute atomic E-state index is 4.54. The number of likely N-dealkylation sites (tertiary alicyclic amines) is 1. The van der Waals surface area contributed by atoms with E-state index >= 15 is 0 Å². The van der Waals surface area contributed by atoms with Gasteiger partial charge in [0.2, 0.25) is 0 Å². The van der Waals surface area contributed by atoms with Crippen molar-refractivity contribution in [3.8, 4) is 0 Å². The molecule has 0 saturated carbocycles. The van der Waals surface area contributed by atoms with Crippen molar-refractivity contribution >= 4 is 24.2 Å². The van der Waals surface area contributed by atoms with E-state index in [0.29, 0.717) is 6.04 Å². The maximum Gasteiger partial charge on any atom is 0.0754 e. The highest BCUT2D eigenvalue weighted by molar-refractivity contribution is 6.37. The summed E-state index contributed by atoms with van der Waals surface area (Å²) in [6.07, 6.45) is 11.6. The lowest BCUT2D eigenvalue weighted by atomic mass is 10.0. The van der Waals surface area contributed by atoms with Gasteiger partial charge in [-0.25, -0.2) is 0 Å². The van der Waals surface area contributed by atoms with Gasteiger partial charge in [0.05, 0.1) is 17.6 Å². The number of aryl methyl sites for hydroxylation is 1. The molecule has 0 bridgehead atoms. The molecule has 1 unspecified atom stereocenters. The van der Waals surface area contributed by atoms with E-state index in [9.17, 15) is 0 Å². The molecule has 0 amide bonds. The summed E-state index contributed by atoms with van der Waals surface area (Å²) < 4.78 is 2.08. The third kappa shape index (κ3) is 4.22. The van der Waals surface area contributed by atoms with E-state index in [1.54, 1.807) is 13.3 Å². The molecule has 0 aromatic carbocycles. The van der Waals surface area contributed by atoms with Crippen molar-refractivity contribution in [1.82, 2.24) is 14.7 Å². The number of dihydropyridines is 1. The Balaban J connectivity index is 2.03. The zero-order valence-corrected chi connectivity index (χ0v) is 16.1. The average Bonchev–Trinajstić information content (AvgIpc) is 2.65. The van der Waals surface area contributed by atoms with Gasteiger partial charge in [0, 0.05) is 43.8 Å². The SMILES string of the molecule is C=c1cc(CN2CCCCC2C)n(C)[nH]cc/c1=C1/C=CC(=NC)C=N1. The highest BCUT2D eigenvalue weighted by atomic mass is 15.3. The summed E-state index contributed by atoms with van der Waals surface area (Å²) in [6, 6.07) is 4.83. The predicted octanol–water partition coefficient (Wildman–Crippen LogP) is 2.08. The zero-order valence-electron chi connectivity index (χ0n) is 16.1. The molecule has 138 valence electrons. The molecule has 2 aliphatic rings. The molecule has 2 aliphatic heterocycles. The summed E-state index contributed by atoms with van der Waals surface area (Å²) in [5.74, 6) is 0. The van der Waals surface area contributed by atoms with Gasteiger partial charge in [-0.05, 0) is 55.8 Å². The van der Waals surface area contributed by atoms with Gasteiger partial charge in [0.25, 0.3) is 0 Å².